The van der Waals surface area contributed by atoms with Gasteiger partial charge in [-0.15, -0.1) is 0 Å². The molecule has 0 aliphatic heterocycles. The second kappa shape index (κ2) is 5.35. The smallest absolute Gasteiger partial charge is 0.242 e. The molecule has 1 fully saturated rings. The molecule has 21 heavy (non-hydrogen) atoms. The van der Waals surface area contributed by atoms with Crippen molar-refractivity contribution in [1.82, 2.24) is 19.9 Å². The summed E-state index contributed by atoms with van der Waals surface area (Å²) in [6.45, 7) is 6.06. The lowest BCUT2D eigenvalue weighted by Gasteiger charge is -2.14. The van der Waals surface area contributed by atoms with E-state index in [1.165, 1.54) is 0 Å². The zero-order valence-electron chi connectivity index (χ0n) is 12.6. The number of aromatic nitrogens is 3. The van der Waals surface area contributed by atoms with Crippen molar-refractivity contribution in [2.75, 3.05) is 5.32 Å². The van der Waals surface area contributed by atoms with Crippen LogP contribution in [0.2, 0.25) is 0 Å². The van der Waals surface area contributed by atoms with E-state index in [9.17, 15) is 4.79 Å². The lowest BCUT2D eigenvalue weighted by molar-refractivity contribution is -0.121. The van der Waals surface area contributed by atoms with Gasteiger partial charge in [-0.2, -0.15) is 5.10 Å². The van der Waals surface area contributed by atoms with Crippen molar-refractivity contribution in [2.45, 2.75) is 51.6 Å². The van der Waals surface area contributed by atoms with Gasteiger partial charge >= 0.3 is 0 Å². The fraction of sp³-hybridized carbons (Fsp3) is 0.533. The molecule has 2 aromatic heterocycles. The minimum atomic E-state index is -0.318. The van der Waals surface area contributed by atoms with E-state index < -0.39 is 0 Å². The topological polar surface area (TPSA) is 71.3 Å². The number of amides is 1. The van der Waals surface area contributed by atoms with Gasteiger partial charge in [-0.1, -0.05) is 13.8 Å². The molecule has 1 saturated carbocycles. The predicted molar refractivity (Wildman–Crippen MR) is 81.3 cm³/mol. The first-order valence-electron chi connectivity index (χ1n) is 7.46. The van der Waals surface area contributed by atoms with Gasteiger partial charge in [0.1, 0.15) is 11.6 Å². The molecule has 0 spiro atoms. The van der Waals surface area contributed by atoms with Crippen molar-refractivity contribution in [1.29, 1.82) is 0 Å². The average molecular weight is 287 g/mol. The van der Waals surface area contributed by atoms with E-state index in [0.717, 1.165) is 24.1 Å². The predicted octanol–water partition coefficient (Wildman–Crippen LogP) is 1.93. The van der Waals surface area contributed by atoms with E-state index in [1.807, 2.05) is 19.2 Å². The number of anilines is 1. The highest BCUT2D eigenvalue weighted by atomic mass is 16.2. The summed E-state index contributed by atoms with van der Waals surface area (Å²) < 4.78 is 1.80. The number of nitrogens with zero attached hydrogens (tertiary/aromatic N) is 3. The number of fused-ring (bicyclic) bond motifs is 1. The average Bonchev–Trinajstić information content (AvgIpc) is 3.13. The Morgan fingerprint density at radius 1 is 1.38 bits per heavy atom. The van der Waals surface area contributed by atoms with Gasteiger partial charge in [-0.05, 0) is 31.7 Å². The van der Waals surface area contributed by atoms with E-state index >= 15 is 0 Å². The van der Waals surface area contributed by atoms with Crippen molar-refractivity contribution in [2.24, 2.45) is 0 Å². The van der Waals surface area contributed by atoms with Crippen LogP contribution in [0.3, 0.4) is 0 Å². The Morgan fingerprint density at radius 3 is 2.81 bits per heavy atom. The lowest BCUT2D eigenvalue weighted by atomic mass is 10.1. The van der Waals surface area contributed by atoms with Crippen LogP contribution < -0.4 is 10.6 Å². The molecule has 0 radical (unpaired) electrons. The summed E-state index contributed by atoms with van der Waals surface area (Å²) in [7, 11) is 0. The standard InChI is InChI=1S/C15H21N5O/c1-9(2)12-8-13-14(16-6-7-20(13)19-12)17-10(3)15(21)18-11-4-5-11/h6-11H,4-5H2,1-3H3,(H,16,17)(H,18,21). The molecule has 6 nitrogen and oxygen atoms in total. The Bertz CT molecular complexity index is 659. The summed E-state index contributed by atoms with van der Waals surface area (Å²) in [6, 6.07) is 2.07. The number of rotatable bonds is 5. The van der Waals surface area contributed by atoms with Gasteiger partial charge in [-0.3, -0.25) is 4.79 Å². The fourth-order valence-electron chi connectivity index (χ4n) is 2.16. The number of nitrogens with one attached hydrogen (secondary N) is 2. The zero-order valence-corrected chi connectivity index (χ0v) is 12.6. The normalized spacial score (nSPS) is 16.2. The molecule has 2 aromatic rings. The highest BCUT2D eigenvalue weighted by Gasteiger charge is 2.26. The van der Waals surface area contributed by atoms with Crippen molar-refractivity contribution >= 4 is 17.2 Å². The van der Waals surface area contributed by atoms with Crippen molar-refractivity contribution in [3.63, 3.8) is 0 Å². The SMILES string of the molecule is CC(Nc1nccn2nc(C(C)C)cc12)C(=O)NC1CC1. The molecule has 3 rings (SSSR count). The third-order valence-corrected chi connectivity index (χ3v) is 3.67. The second-order valence-electron chi connectivity index (χ2n) is 5.98. The van der Waals surface area contributed by atoms with E-state index in [4.69, 9.17) is 0 Å². The maximum atomic E-state index is 12.0. The molecule has 1 aliphatic rings. The fourth-order valence-corrected chi connectivity index (χ4v) is 2.16. The molecule has 0 bridgehead atoms. The van der Waals surface area contributed by atoms with E-state index in [-0.39, 0.29) is 11.9 Å². The van der Waals surface area contributed by atoms with Gasteiger partial charge in [0.05, 0.1) is 5.69 Å². The number of hydrogen-bond donors (Lipinski definition) is 2. The van der Waals surface area contributed by atoms with E-state index in [1.54, 1.807) is 10.7 Å². The Labute approximate surface area is 123 Å². The third-order valence-electron chi connectivity index (χ3n) is 3.67. The number of carbonyl (C=O) groups excluding carboxylic acids is 1. The molecule has 1 aliphatic carbocycles. The van der Waals surface area contributed by atoms with E-state index in [2.05, 4.69) is 34.6 Å². The molecule has 2 N–H and O–H groups in total. The molecule has 1 atom stereocenters. The molecular weight excluding hydrogens is 266 g/mol. The second-order valence-corrected chi connectivity index (χ2v) is 5.98. The van der Waals surface area contributed by atoms with Gasteiger partial charge in [-0.25, -0.2) is 9.50 Å². The van der Waals surface area contributed by atoms with Crippen LogP contribution in [0.4, 0.5) is 5.82 Å². The molecule has 2 heterocycles. The highest BCUT2D eigenvalue weighted by Crippen LogP contribution is 2.21. The Morgan fingerprint density at radius 2 is 2.14 bits per heavy atom. The Kier molecular flexibility index (Phi) is 3.53. The molecule has 0 saturated heterocycles. The van der Waals surface area contributed by atoms with Crippen LogP contribution in [-0.2, 0) is 4.79 Å². The minimum absolute atomic E-state index is 0.0184. The van der Waals surface area contributed by atoms with Crippen LogP contribution in [0.15, 0.2) is 18.5 Å². The highest BCUT2D eigenvalue weighted by molar-refractivity contribution is 5.85. The van der Waals surface area contributed by atoms with Crippen molar-refractivity contribution in [3.8, 4) is 0 Å². The van der Waals surface area contributed by atoms with E-state index in [0.29, 0.717) is 17.8 Å². The Balaban J connectivity index is 1.80. The summed E-state index contributed by atoms with van der Waals surface area (Å²) in [4.78, 5) is 16.4. The quantitative estimate of drug-likeness (QED) is 0.881. The summed E-state index contributed by atoms with van der Waals surface area (Å²) in [6.07, 6.45) is 5.69. The molecule has 1 unspecified atom stereocenters. The molecule has 112 valence electrons. The zero-order chi connectivity index (χ0) is 15.0. The number of hydrogen-bond acceptors (Lipinski definition) is 4. The van der Waals surface area contributed by atoms with Crippen LogP contribution >= 0.6 is 0 Å². The van der Waals surface area contributed by atoms with Crippen LogP contribution in [0.25, 0.3) is 5.52 Å². The number of carbonyl (C=O) groups is 1. The van der Waals surface area contributed by atoms with Gasteiger partial charge in [0.15, 0.2) is 5.82 Å². The monoisotopic (exact) mass is 287 g/mol. The third kappa shape index (κ3) is 2.99. The van der Waals surface area contributed by atoms with Gasteiger partial charge in [0.25, 0.3) is 0 Å². The van der Waals surface area contributed by atoms with Crippen molar-refractivity contribution in [3.05, 3.63) is 24.2 Å². The Hall–Kier alpha value is -2.11. The first-order valence-corrected chi connectivity index (χ1v) is 7.46. The maximum Gasteiger partial charge on any atom is 0.242 e. The minimum Gasteiger partial charge on any atom is -0.357 e. The van der Waals surface area contributed by atoms with Crippen LogP contribution in [-0.4, -0.2) is 32.6 Å². The van der Waals surface area contributed by atoms with Gasteiger partial charge in [0.2, 0.25) is 5.91 Å². The van der Waals surface area contributed by atoms with Gasteiger partial charge in [0, 0.05) is 18.4 Å². The van der Waals surface area contributed by atoms with Gasteiger partial charge < -0.3 is 10.6 Å². The molecule has 0 aromatic carbocycles. The van der Waals surface area contributed by atoms with Crippen LogP contribution in [0, 0.1) is 0 Å². The van der Waals surface area contributed by atoms with Crippen LogP contribution in [0.1, 0.15) is 45.2 Å². The summed E-state index contributed by atoms with van der Waals surface area (Å²) in [5, 5.41) is 10.7. The first-order chi connectivity index (χ1) is 10.0. The molecule has 6 heteroatoms. The molecule has 1 amide bonds. The van der Waals surface area contributed by atoms with Crippen LogP contribution in [0.5, 0.6) is 0 Å². The first kappa shape index (κ1) is 13.9. The summed E-state index contributed by atoms with van der Waals surface area (Å²) >= 11 is 0. The summed E-state index contributed by atoms with van der Waals surface area (Å²) in [5.74, 6) is 1.06. The summed E-state index contributed by atoms with van der Waals surface area (Å²) in [5.41, 5.74) is 1.91. The lowest BCUT2D eigenvalue weighted by Crippen LogP contribution is -2.38. The largest absolute Gasteiger partial charge is 0.357 e. The maximum absolute atomic E-state index is 12.0. The molecular formula is C15H21N5O. The van der Waals surface area contributed by atoms with Crippen molar-refractivity contribution < 1.29 is 4.79 Å².